The van der Waals surface area contributed by atoms with Crippen LogP contribution in [0.15, 0.2) is 52.7 Å². The van der Waals surface area contributed by atoms with Gasteiger partial charge in [-0.1, -0.05) is 32.9 Å². The first-order chi connectivity index (χ1) is 16.8. The fourth-order valence-corrected chi connectivity index (χ4v) is 4.91. The maximum Gasteiger partial charge on any atom is 0.276 e. The molecule has 4 N–H and O–H groups in total. The monoisotopic (exact) mass is 516 g/mol. The van der Waals surface area contributed by atoms with Crippen LogP contribution >= 0.6 is 0 Å². The number of anilines is 1. The number of amides is 2. The number of rotatable bonds is 7. The lowest BCUT2D eigenvalue weighted by molar-refractivity contribution is -0.124. The van der Waals surface area contributed by atoms with Crippen LogP contribution in [-0.2, 0) is 19.6 Å². The maximum absolute atomic E-state index is 12.8. The van der Waals surface area contributed by atoms with E-state index in [1.165, 1.54) is 32.3 Å². The summed E-state index contributed by atoms with van der Waals surface area (Å²) >= 11 is 0. The number of nitrogens with zero attached hydrogens (tertiary/aromatic N) is 1. The van der Waals surface area contributed by atoms with Crippen LogP contribution in [0, 0.1) is 5.41 Å². The van der Waals surface area contributed by atoms with Gasteiger partial charge in [0.25, 0.3) is 11.8 Å². The molecule has 0 aromatic heterocycles. The molecule has 2 aromatic rings. The van der Waals surface area contributed by atoms with Crippen LogP contribution in [0.4, 0.5) is 5.69 Å². The zero-order valence-corrected chi connectivity index (χ0v) is 21.3. The zero-order valence-electron chi connectivity index (χ0n) is 20.5. The van der Waals surface area contributed by atoms with Gasteiger partial charge in [-0.25, -0.2) is 12.7 Å². The largest absolute Gasteiger partial charge is 0.504 e. The highest BCUT2D eigenvalue weighted by atomic mass is 32.2. The summed E-state index contributed by atoms with van der Waals surface area (Å²) in [5.74, 6) is -0.764. The number of ether oxygens (including phenoxy) is 2. The summed E-state index contributed by atoms with van der Waals surface area (Å²) < 4.78 is 37.0. The second-order valence-electron chi connectivity index (χ2n) is 9.65. The van der Waals surface area contributed by atoms with Gasteiger partial charge in [0.15, 0.2) is 17.2 Å². The van der Waals surface area contributed by atoms with Gasteiger partial charge in [0.2, 0.25) is 16.8 Å². The van der Waals surface area contributed by atoms with Gasteiger partial charge in [0.1, 0.15) is 16.3 Å². The molecule has 4 rings (SSSR count). The number of phenols is 1. The second-order valence-corrected chi connectivity index (χ2v) is 11.8. The van der Waals surface area contributed by atoms with Crippen LogP contribution in [0.1, 0.15) is 32.4 Å². The molecule has 1 atom stereocenters. The first-order valence-corrected chi connectivity index (χ1v) is 12.5. The highest BCUT2D eigenvalue weighted by molar-refractivity contribution is 7.89. The lowest BCUT2D eigenvalue weighted by Gasteiger charge is -2.33. The number of carbonyl (C=O) groups excluding carboxylic acids is 2. The molecule has 0 spiro atoms. The van der Waals surface area contributed by atoms with Crippen molar-refractivity contribution < 1.29 is 32.6 Å². The molecule has 0 aliphatic carbocycles. The quantitative estimate of drug-likeness (QED) is 0.321. The highest BCUT2D eigenvalue weighted by Crippen LogP contribution is 2.40. The molecule has 2 heterocycles. The van der Waals surface area contributed by atoms with Crippen LogP contribution in [0.3, 0.4) is 0 Å². The molecule has 0 saturated heterocycles. The Morgan fingerprint density at radius 2 is 1.69 bits per heavy atom. The maximum atomic E-state index is 12.8. The molecule has 0 bridgehead atoms. The second kappa shape index (κ2) is 9.03. The van der Waals surface area contributed by atoms with Gasteiger partial charge in [-0.2, -0.15) is 0 Å². The van der Waals surface area contributed by atoms with Gasteiger partial charge in [0, 0.05) is 14.1 Å². The lowest BCUT2D eigenvalue weighted by Crippen LogP contribution is -2.35. The predicted octanol–water partition coefficient (Wildman–Crippen LogP) is 2.03. The van der Waals surface area contributed by atoms with Crippen LogP contribution in [0.25, 0.3) is 0 Å². The van der Waals surface area contributed by atoms with E-state index in [1.54, 1.807) is 6.07 Å². The minimum absolute atomic E-state index is 0.0436. The number of hydrogen-bond acceptors (Lipinski definition) is 9. The Morgan fingerprint density at radius 3 is 2.36 bits per heavy atom. The van der Waals surface area contributed by atoms with E-state index in [2.05, 4.69) is 16.0 Å². The smallest absolute Gasteiger partial charge is 0.276 e. The molecule has 0 fully saturated rings. The standard InChI is InChI=1S/C24H28N4O7S/c1-24(2,3)21(13-9-10-15-16(11-13)35-12-34-15)26-19-18(22(30)27-23(19)31)25-14-7-6-8-17(20(14)29)36(32,33)28(4)5/h6-11,21,29H,12H2,1-5H3,(H3,25,26,27,30,31)/t21-/m0/s1. The third-order valence-corrected chi connectivity index (χ3v) is 7.68. The molecule has 12 heteroatoms. The van der Waals surface area contributed by atoms with Crippen LogP contribution in [0.5, 0.6) is 17.2 Å². The molecule has 2 aliphatic rings. The molecule has 11 nitrogen and oxygen atoms in total. The average molecular weight is 517 g/mol. The summed E-state index contributed by atoms with van der Waals surface area (Å²) in [6.07, 6.45) is 0. The van der Waals surface area contributed by atoms with Gasteiger partial charge < -0.3 is 25.2 Å². The number of benzene rings is 2. The van der Waals surface area contributed by atoms with Crippen molar-refractivity contribution in [3.8, 4) is 17.2 Å². The van der Waals surface area contributed by atoms with Crippen molar-refractivity contribution in [2.45, 2.75) is 31.7 Å². The summed E-state index contributed by atoms with van der Waals surface area (Å²) in [6, 6.07) is 9.08. The van der Waals surface area contributed by atoms with Crippen molar-refractivity contribution in [1.29, 1.82) is 0 Å². The number of fused-ring (bicyclic) bond motifs is 1. The van der Waals surface area contributed by atoms with E-state index < -0.39 is 39.0 Å². The Labute approximate surface area is 209 Å². The van der Waals surface area contributed by atoms with Crippen molar-refractivity contribution in [2.24, 2.45) is 5.41 Å². The molecule has 36 heavy (non-hydrogen) atoms. The third kappa shape index (κ3) is 4.56. The number of para-hydroxylation sites is 1. The molecule has 0 unspecified atom stereocenters. The summed E-state index contributed by atoms with van der Waals surface area (Å²) in [4.78, 5) is 25.1. The number of imide groups is 1. The molecule has 2 aromatic carbocycles. The minimum atomic E-state index is -3.96. The van der Waals surface area contributed by atoms with E-state index in [1.807, 2.05) is 32.9 Å². The zero-order chi connectivity index (χ0) is 26.4. The van der Waals surface area contributed by atoms with Crippen molar-refractivity contribution in [2.75, 3.05) is 26.2 Å². The van der Waals surface area contributed by atoms with E-state index in [0.29, 0.717) is 11.5 Å². The third-order valence-electron chi connectivity index (χ3n) is 5.83. The topological polar surface area (TPSA) is 146 Å². The molecule has 192 valence electrons. The van der Waals surface area contributed by atoms with E-state index in [0.717, 1.165) is 9.87 Å². The highest BCUT2D eigenvalue weighted by Gasteiger charge is 2.37. The number of nitrogens with one attached hydrogen (secondary N) is 3. The van der Waals surface area contributed by atoms with Crippen LogP contribution < -0.4 is 25.4 Å². The van der Waals surface area contributed by atoms with Gasteiger partial charge >= 0.3 is 0 Å². The Morgan fingerprint density at radius 1 is 1.03 bits per heavy atom. The number of phenolic OH excluding ortho intramolecular Hbond substituents is 1. The number of aromatic hydroxyl groups is 1. The van der Waals surface area contributed by atoms with Crippen molar-refractivity contribution in [3.63, 3.8) is 0 Å². The molecule has 2 amide bonds. The number of sulfonamides is 1. The fraction of sp³-hybridized carbons (Fsp3) is 0.333. The first-order valence-electron chi connectivity index (χ1n) is 11.1. The summed E-state index contributed by atoms with van der Waals surface area (Å²) in [5, 5.41) is 18.9. The molecular formula is C24H28N4O7S. The predicted molar refractivity (Wildman–Crippen MR) is 131 cm³/mol. The normalized spacial score (nSPS) is 16.4. The summed E-state index contributed by atoms with van der Waals surface area (Å²) in [5.41, 5.74) is 0.141. The van der Waals surface area contributed by atoms with Gasteiger partial charge in [-0.05, 0) is 35.2 Å². The van der Waals surface area contributed by atoms with E-state index >= 15 is 0 Å². The fourth-order valence-electron chi connectivity index (χ4n) is 3.91. The SMILES string of the molecule is CN(C)S(=O)(=O)c1cccc(NC2=C(N[C@@H](c3ccc4c(c3)OCO4)C(C)(C)C)C(=O)NC2=O)c1O. The van der Waals surface area contributed by atoms with Gasteiger partial charge in [-0.15, -0.1) is 0 Å². The number of hydrogen-bond donors (Lipinski definition) is 4. The van der Waals surface area contributed by atoms with Crippen LogP contribution in [-0.4, -0.2) is 50.5 Å². The molecule has 0 saturated carbocycles. The van der Waals surface area contributed by atoms with Crippen molar-refractivity contribution in [3.05, 3.63) is 53.4 Å². The van der Waals surface area contributed by atoms with E-state index in [4.69, 9.17) is 9.47 Å². The van der Waals surface area contributed by atoms with Crippen molar-refractivity contribution in [1.82, 2.24) is 14.9 Å². The Bertz CT molecular complexity index is 1380. The summed E-state index contributed by atoms with van der Waals surface area (Å²) in [7, 11) is -1.28. The van der Waals surface area contributed by atoms with E-state index in [-0.39, 0.29) is 28.8 Å². The van der Waals surface area contributed by atoms with Crippen LogP contribution in [0.2, 0.25) is 0 Å². The number of carbonyl (C=O) groups is 2. The molecule has 0 radical (unpaired) electrons. The first kappa shape index (κ1) is 25.3. The van der Waals surface area contributed by atoms with Gasteiger partial charge in [-0.3, -0.25) is 14.9 Å². The van der Waals surface area contributed by atoms with Crippen molar-refractivity contribution >= 4 is 27.5 Å². The van der Waals surface area contributed by atoms with E-state index in [9.17, 15) is 23.1 Å². The molecule has 2 aliphatic heterocycles. The average Bonchev–Trinajstić information content (AvgIpc) is 3.35. The Kier molecular flexibility index (Phi) is 6.35. The lowest BCUT2D eigenvalue weighted by atomic mass is 9.82. The Balaban J connectivity index is 1.74. The Hall–Kier alpha value is -3.77. The van der Waals surface area contributed by atoms with Gasteiger partial charge in [0.05, 0.1) is 11.7 Å². The molecular weight excluding hydrogens is 488 g/mol. The minimum Gasteiger partial charge on any atom is -0.504 e. The summed E-state index contributed by atoms with van der Waals surface area (Å²) in [6.45, 7) is 6.03.